The number of aryl methyl sites for hydroxylation is 1. The van der Waals surface area contributed by atoms with Crippen molar-refractivity contribution in [3.63, 3.8) is 0 Å². The number of rotatable bonds is 6. The number of carbonyl (C=O) groups excluding carboxylic acids is 1. The summed E-state index contributed by atoms with van der Waals surface area (Å²) in [5, 5.41) is 2.91. The lowest BCUT2D eigenvalue weighted by molar-refractivity contribution is -0.117. The first-order valence-corrected chi connectivity index (χ1v) is 12.1. The molecule has 9 nitrogen and oxygen atoms in total. The van der Waals surface area contributed by atoms with Gasteiger partial charge in [-0.15, -0.1) is 0 Å². The minimum absolute atomic E-state index is 0.0664. The van der Waals surface area contributed by atoms with E-state index in [2.05, 4.69) is 20.2 Å². The number of benzene rings is 2. The minimum Gasteiger partial charge on any atom is -0.382 e. The normalized spacial score (nSPS) is 14.8. The van der Waals surface area contributed by atoms with Crippen LogP contribution < -0.4 is 16.0 Å². The first kappa shape index (κ1) is 22.7. The maximum absolute atomic E-state index is 12.8. The Morgan fingerprint density at radius 2 is 1.70 bits per heavy atom. The van der Waals surface area contributed by atoms with E-state index in [1.165, 1.54) is 18.3 Å². The molecule has 2 heterocycles. The fraction of sp³-hybridized carbons (Fsp3) is 0.261. The molecule has 33 heavy (non-hydrogen) atoms. The van der Waals surface area contributed by atoms with Gasteiger partial charge in [0.05, 0.1) is 17.6 Å². The van der Waals surface area contributed by atoms with Gasteiger partial charge in [0.25, 0.3) is 0 Å². The second-order valence-corrected chi connectivity index (χ2v) is 9.83. The van der Waals surface area contributed by atoms with Gasteiger partial charge in [-0.2, -0.15) is 4.98 Å². The zero-order valence-corrected chi connectivity index (χ0v) is 19.1. The van der Waals surface area contributed by atoms with Crippen LogP contribution in [0.25, 0.3) is 0 Å². The lowest BCUT2D eigenvalue weighted by Gasteiger charge is -2.34. The quantitative estimate of drug-likeness (QED) is 0.565. The highest BCUT2D eigenvalue weighted by Crippen LogP contribution is 2.25. The summed E-state index contributed by atoms with van der Waals surface area (Å²) < 4.78 is 25.6. The predicted octanol–water partition coefficient (Wildman–Crippen LogP) is 1.96. The SMILES string of the molecule is Cc1ccc(NC(=O)CN2CCN(c3ncc(S(=O)(=O)c4ccccc4)c(N)n3)CC2)cc1. The van der Waals surface area contributed by atoms with E-state index in [1.54, 1.807) is 18.2 Å². The van der Waals surface area contributed by atoms with Gasteiger partial charge >= 0.3 is 0 Å². The van der Waals surface area contributed by atoms with Gasteiger partial charge in [0.1, 0.15) is 10.7 Å². The maximum atomic E-state index is 12.8. The van der Waals surface area contributed by atoms with Gasteiger partial charge in [-0.3, -0.25) is 9.69 Å². The number of sulfone groups is 1. The first-order chi connectivity index (χ1) is 15.8. The van der Waals surface area contributed by atoms with Crippen LogP contribution in [0.1, 0.15) is 5.56 Å². The van der Waals surface area contributed by atoms with Gasteiger partial charge in [0.2, 0.25) is 21.7 Å². The predicted molar refractivity (Wildman–Crippen MR) is 127 cm³/mol. The molecule has 1 aliphatic rings. The smallest absolute Gasteiger partial charge is 0.238 e. The van der Waals surface area contributed by atoms with Gasteiger partial charge in [-0.1, -0.05) is 35.9 Å². The van der Waals surface area contributed by atoms with Crippen molar-refractivity contribution in [1.82, 2.24) is 14.9 Å². The Balaban J connectivity index is 1.35. The minimum atomic E-state index is -3.79. The summed E-state index contributed by atoms with van der Waals surface area (Å²) in [7, 11) is -3.79. The molecule has 2 aromatic carbocycles. The zero-order valence-electron chi connectivity index (χ0n) is 18.3. The third-order valence-electron chi connectivity index (χ3n) is 5.47. The van der Waals surface area contributed by atoms with E-state index in [1.807, 2.05) is 36.1 Å². The third-order valence-corrected chi connectivity index (χ3v) is 7.26. The van der Waals surface area contributed by atoms with Crippen LogP contribution in [0.3, 0.4) is 0 Å². The van der Waals surface area contributed by atoms with E-state index in [0.717, 1.165) is 11.3 Å². The molecule has 172 valence electrons. The van der Waals surface area contributed by atoms with Crippen LogP contribution in [0, 0.1) is 6.92 Å². The highest BCUT2D eigenvalue weighted by atomic mass is 32.2. The number of hydrogen-bond donors (Lipinski definition) is 2. The van der Waals surface area contributed by atoms with E-state index >= 15 is 0 Å². The monoisotopic (exact) mass is 466 g/mol. The zero-order chi connectivity index (χ0) is 23.4. The molecular weight excluding hydrogens is 440 g/mol. The molecule has 1 fully saturated rings. The van der Waals surface area contributed by atoms with Crippen molar-refractivity contribution >= 4 is 33.2 Å². The lowest BCUT2D eigenvalue weighted by atomic mass is 10.2. The Labute approximate surface area is 193 Å². The summed E-state index contributed by atoms with van der Waals surface area (Å²) >= 11 is 0. The molecule has 3 N–H and O–H groups in total. The van der Waals surface area contributed by atoms with Crippen LogP contribution in [-0.4, -0.2) is 61.9 Å². The van der Waals surface area contributed by atoms with Crippen LogP contribution in [0.15, 0.2) is 70.6 Å². The lowest BCUT2D eigenvalue weighted by Crippen LogP contribution is -2.49. The average molecular weight is 467 g/mol. The van der Waals surface area contributed by atoms with Crippen LogP contribution in [0.4, 0.5) is 17.5 Å². The van der Waals surface area contributed by atoms with Gasteiger partial charge < -0.3 is 16.0 Å². The van der Waals surface area contributed by atoms with Crippen molar-refractivity contribution in [2.45, 2.75) is 16.7 Å². The Hall–Kier alpha value is -3.50. The van der Waals surface area contributed by atoms with E-state index in [4.69, 9.17) is 5.73 Å². The average Bonchev–Trinajstić information content (AvgIpc) is 2.81. The second-order valence-electron chi connectivity index (χ2n) is 7.91. The van der Waals surface area contributed by atoms with Crippen molar-refractivity contribution in [2.75, 3.05) is 48.7 Å². The van der Waals surface area contributed by atoms with E-state index < -0.39 is 9.84 Å². The fourth-order valence-electron chi connectivity index (χ4n) is 3.61. The summed E-state index contributed by atoms with van der Waals surface area (Å²) in [6.45, 7) is 4.78. The number of nitrogens with two attached hydrogens (primary N) is 1. The van der Waals surface area contributed by atoms with E-state index in [-0.39, 0.29) is 21.5 Å². The number of aromatic nitrogens is 2. The molecule has 0 radical (unpaired) electrons. The molecular formula is C23H26N6O3S. The van der Waals surface area contributed by atoms with Crippen molar-refractivity contribution in [3.05, 3.63) is 66.4 Å². The number of nitrogen functional groups attached to an aromatic ring is 1. The van der Waals surface area contributed by atoms with Crippen LogP contribution in [-0.2, 0) is 14.6 Å². The molecule has 1 aliphatic heterocycles. The highest BCUT2D eigenvalue weighted by molar-refractivity contribution is 7.91. The van der Waals surface area contributed by atoms with Gasteiger partial charge in [0, 0.05) is 31.9 Å². The summed E-state index contributed by atoms with van der Waals surface area (Å²) in [5.41, 5.74) is 7.92. The number of piperazine rings is 1. The molecule has 0 aliphatic carbocycles. The molecule has 3 aromatic rings. The number of amides is 1. The molecule has 10 heteroatoms. The Morgan fingerprint density at radius 1 is 1.03 bits per heavy atom. The van der Waals surface area contributed by atoms with Gasteiger partial charge in [-0.25, -0.2) is 13.4 Å². The number of nitrogens with zero attached hydrogens (tertiary/aromatic N) is 4. The molecule has 4 rings (SSSR count). The summed E-state index contributed by atoms with van der Waals surface area (Å²) in [6.07, 6.45) is 1.27. The summed E-state index contributed by atoms with van der Waals surface area (Å²) in [4.78, 5) is 24.9. The fourth-order valence-corrected chi connectivity index (χ4v) is 4.89. The number of hydrogen-bond acceptors (Lipinski definition) is 8. The third kappa shape index (κ3) is 5.29. The number of anilines is 3. The highest BCUT2D eigenvalue weighted by Gasteiger charge is 2.25. The molecule has 0 saturated carbocycles. The Kier molecular flexibility index (Phi) is 6.57. The van der Waals surface area contributed by atoms with Crippen LogP contribution in [0.5, 0.6) is 0 Å². The summed E-state index contributed by atoms with van der Waals surface area (Å²) in [6, 6.07) is 15.7. The van der Waals surface area contributed by atoms with Crippen molar-refractivity contribution in [2.24, 2.45) is 0 Å². The second kappa shape index (κ2) is 9.55. The van der Waals surface area contributed by atoms with Gasteiger partial charge in [0.15, 0.2) is 0 Å². The van der Waals surface area contributed by atoms with Crippen molar-refractivity contribution < 1.29 is 13.2 Å². The molecule has 1 saturated heterocycles. The number of carbonyl (C=O) groups is 1. The van der Waals surface area contributed by atoms with E-state index in [0.29, 0.717) is 38.7 Å². The van der Waals surface area contributed by atoms with Crippen LogP contribution >= 0.6 is 0 Å². The molecule has 1 amide bonds. The topological polar surface area (TPSA) is 122 Å². The number of nitrogens with one attached hydrogen (secondary N) is 1. The largest absolute Gasteiger partial charge is 0.382 e. The molecule has 0 bridgehead atoms. The summed E-state index contributed by atoms with van der Waals surface area (Å²) in [5.74, 6) is 0.232. The van der Waals surface area contributed by atoms with E-state index in [9.17, 15) is 13.2 Å². The van der Waals surface area contributed by atoms with Gasteiger partial charge in [-0.05, 0) is 31.2 Å². The standard InChI is InChI=1S/C23H26N6O3S/c1-17-7-9-18(10-8-17)26-21(30)16-28-11-13-29(14-12-28)23-25-15-20(22(24)27-23)33(31,32)19-5-3-2-4-6-19/h2-10,15H,11-14,16H2,1H3,(H,26,30)(H2,24,25,27). The molecule has 0 spiro atoms. The van der Waals surface area contributed by atoms with Crippen molar-refractivity contribution in [1.29, 1.82) is 0 Å². The molecule has 1 aromatic heterocycles. The Morgan fingerprint density at radius 3 is 2.33 bits per heavy atom. The molecule has 0 atom stereocenters. The Bertz CT molecular complexity index is 1220. The maximum Gasteiger partial charge on any atom is 0.238 e. The first-order valence-electron chi connectivity index (χ1n) is 10.6. The van der Waals surface area contributed by atoms with Crippen molar-refractivity contribution in [3.8, 4) is 0 Å². The molecule has 0 unspecified atom stereocenters. The van der Waals surface area contributed by atoms with Crippen LogP contribution in [0.2, 0.25) is 0 Å².